The maximum Gasteiger partial charge on any atom is 0.338 e. The second kappa shape index (κ2) is 10.1. The lowest BCUT2D eigenvalue weighted by atomic mass is 9.97. The molecule has 5 nitrogen and oxygen atoms in total. The van der Waals surface area contributed by atoms with Gasteiger partial charge >= 0.3 is 5.97 Å². The lowest BCUT2D eigenvalue weighted by Gasteiger charge is -2.25. The third kappa shape index (κ3) is 5.49. The molecule has 0 spiro atoms. The predicted molar refractivity (Wildman–Crippen MR) is 97.0 cm³/mol. The van der Waals surface area contributed by atoms with Crippen molar-refractivity contribution in [2.24, 2.45) is 0 Å². The van der Waals surface area contributed by atoms with Crippen LogP contribution < -0.4 is 9.47 Å². The lowest BCUT2D eigenvalue weighted by Crippen LogP contribution is -2.21. The quantitative estimate of drug-likeness (QED) is 0.383. The summed E-state index contributed by atoms with van der Waals surface area (Å²) in [5.41, 5.74) is 0.823. The van der Waals surface area contributed by atoms with Crippen LogP contribution in [0.25, 0.3) is 5.57 Å². The summed E-state index contributed by atoms with van der Waals surface area (Å²) in [5.74, 6) is 0.724. The Bertz CT molecular complexity index is 575. The summed E-state index contributed by atoms with van der Waals surface area (Å²) in [6.07, 6.45) is 5.81. The van der Waals surface area contributed by atoms with Crippen LogP contribution in [0.4, 0.5) is 0 Å². The summed E-state index contributed by atoms with van der Waals surface area (Å²) in [6.45, 7) is 6.82. The minimum Gasteiger partial charge on any atom is -0.490 e. The largest absolute Gasteiger partial charge is 0.490 e. The Morgan fingerprint density at radius 3 is 2.56 bits per heavy atom. The minimum absolute atomic E-state index is 0.164. The van der Waals surface area contributed by atoms with E-state index in [2.05, 4.69) is 6.58 Å². The Labute approximate surface area is 149 Å². The van der Waals surface area contributed by atoms with Crippen LogP contribution in [-0.2, 0) is 14.3 Å². The average molecular weight is 348 g/mol. The predicted octanol–water partition coefficient (Wildman–Crippen LogP) is 4.00. The smallest absolute Gasteiger partial charge is 0.338 e. The Hall–Kier alpha value is -2.01. The van der Waals surface area contributed by atoms with Gasteiger partial charge in [0.2, 0.25) is 0 Å². The van der Waals surface area contributed by atoms with Gasteiger partial charge in [-0.2, -0.15) is 0 Å². The number of carbonyl (C=O) groups is 1. The first-order chi connectivity index (χ1) is 12.2. The number of methoxy groups -OCH3 is 1. The maximum atomic E-state index is 12.2. The fraction of sp³-hybridized carbons (Fsp3) is 0.550. The van der Waals surface area contributed by atoms with Crippen molar-refractivity contribution in [3.8, 4) is 11.5 Å². The van der Waals surface area contributed by atoms with Gasteiger partial charge < -0.3 is 18.9 Å². The highest BCUT2D eigenvalue weighted by atomic mass is 16.5. The van der Waals surface area contributed by atoms with Crippen LogP contribution in [0.1, 0.15) is 44.6 Å². The van der Waals surface area contributed by atoms with E-state index >= 15 is 0 Å². The molecule has 0 aromatic heterocycles. The van der Waals surface area contributed by atoms with E-state index in [1.807, 2.05) is 18.2 Å². The molecule has 1 aromatic rings. The zero-order valence-corrected chi connectivity index (χ0v) is 15.2. The van der Waals surface area contributed by atoms with Crippen LogP contribution in [0.2, 0.25) is 0 Å². The second-order valence-corrected chi connectivity index (χ2v) is 6.05. The monoisotopic (exact) mass is 348 g/mol. The van der Waals surface area contributed by atoms with E-state index in [4.69, 9.17) is 18.9 Å². The first-order valence-corrected chi connectivity index (χ1v) is 8.95. The van der Waals surface area contributed by atoms with Crippen molar-refractivity contribution in [2.75, 3.05) is 26.9 Å². The molecular formula is C20H28O5. The SMILES string of the molecule is C=C(C(=O)OCC)c1c(OCCOC)cccc1OC1CCCCC1. The zero-order chi connectivity index (χ0) is 18.1. The average Bonchev–Trinajstić information content (AvgIpc) is 2.63. The van der Waals surface area contributed by atoms with Gasteiger partial charge in [0.15, 0.2) is 0 Å². The van der Waals surface area contributed by atoms with Gasteiger partial charge in [0.05, 0.1) is 30.5 Å². The highest BCUT2D eigenvalue weighted by molar-refractivity contribution is 6.17. The van der Waals surface area contributed by atoms with Crippen molar-refractivity contribution < 1.29 is 23.7 Å². The summed E-state index contributed by atoms with van der Waals surface area (Å²) in [6, 6.07) is 5.53. The number of hydrogen-bond acceptors (Lipinski definition) is 5. The summed E-state index contributed by atoms with van der Waals surface area (Å²) in [5, 5.41) is 0. The topological polar surface area (TPSA) is 54.0 Å². The van der Waals surface area contributed by atoms with E-state index < -0.39 is 5.97 Å². The molecule has 0 atom stereocenters. The lowest BCUT2D eigenvalue weighted by molar-refractivity contribution is -0.136. The molecule has 1 aliphatic carbocycles. The van der Waals surface area contributed by atoms with Crippen molar-refractivity contribution in [3.63, 3.8) is 0 Å². The molecule has 0 radical (unpaired) electrons. The molecule has 0 unspecified atom stereocenters. The molecule has 138 valence electrons. The Balaban J connectivity index is 2.27. The Kier molecular flexibility index (Phi) is 7.79. The molecule has 0 saturated heterocycles. The fourth-order valence-electron chi connectivity index (χ4n) is 2.94. The minimum atomic E-state index is -0.459. The van der Waals surface area contributed by atoms with Crippen molar-refractivity contribution in [1.82, 2.24) is 0 Å². The van der Waals surface area contributed by atoms with Crippen molar-refractivity contribution >= 4 is 11.5 Å². The van der Waals surface area contributed by atoms with Crippen molar-refractivity contribution in [1.29, 1.82) is 0 Å². The number of esters is 1. The Morgan fingerprint density at radius 2 is 1.88 bits per heavy atom. The first-order valence-electron chi connectivity index (χ1n) is 8.95. The molecule has 0 amide bonds. The molecule has 2 rings (SSSR count). The van der Waals surface area contributed by atoms with Crippen LogP contribution in [0.5, 0.6) is 11.5 Å². The van der Waals surface area contributed by atoms with E-state index in [1.165, 1.54) is 19.3 Å². The van der Waals surface area contributed by atoms with Gasteiger partial charge in [-0.3, -0.25) is 0 Å². The van der Waals surface area contributed by atoms with Crippen molar-refractivity contribution in [3.05, 3.63) is 30.3 Å². The van der Waals surface area contributed by atoms with E-state index in [1.54, 1.807) is 14.0 Å². The Morgan fingerprint density at radius 1 is 1.16 bits per heavy atom. The zero-order valence-electron chi connectivity index (χ0n) is 15.2. The number of benzene rings is 1. The maximum absolute atomic E-state index is 12.2. The molecule has 5 heteroatoms. The number of rotatable bonds is 9. The molecule has 0 N–H and O–H groups in total. The van der Waals surface area contributed by atoms with Crippen molar-refractivity contribution in [2.45, 2.75) is 45.1 Å². The molecule has 0 aliphatic heterocycles. The van der Waals surface area contributed by atoms with Gasteiger partial charge in [0.25, 0.3) is 0 Å². The number of ether oxygens (including phenoxy) is 4. The highest BCUT2D eigenvalue weighted by Gasteiger charge is 2.23. The van der Waals surface area contributed by atoms with Gasteiger partial charge in [-0.25, -0.2) is 4.79 Å². The standard InChI is InChI=1S/C20H28O5/c1-4-23-20(21)15(2)19-17(24-14-13-22-3)11-8-12-18(19)25-16-9-6-5-7-10-16/h8,11-12,16H,2,4-7,9-10,13-14H2,1,3H3. The van der Waals surface area contributed by atoms with E-state index in [0.717, 1.165) is 12.8 Å². The third-order valence-electron chi connectivity index (χ3n) is 4.20. The van der Waals surface area contributed by atoms with E-state index in [0.29, 0.717) is 36.9 Å². The third-order valence-corrected chi connectivity index (χ3v) is 4.20. The summed E-state index contributed by atoms with van der Waals surface area (Å²) in [7, 11) is 1.62. The summed E-state index contributed by atoms with van der Waals surface area (Å²) in [4.78, 5) is 12.2. The molecular weight excluding hydrogens is 320 g/mol. The molecule has 25 heavy (non-hydrogen) atoms. The number of hydrogen-bond donors (Lipinski definition) is 0. The molecule has 1 aliphatic rings. The van der Waals surface area contributed by atoms with Crippen LogP contribution >= 0.6 is 0 Å². The van der Waals surface area contributed by atoms with Crippen LogP contribution in [-0.4, -0.2) is 39.0 Å². The van der Waals surface area contributed by atoms with Crippen LogP contribution in [0, 0.1) is 0 Å². The fourth-order valence-corrected chi connectivity index (χ4v) is 2.94. The number of carbonyl (C=O) groups excluding carboxylic acids is 1. The first kappa shape index (κ1) is 19.3. The van der Waals surface area contributed by atoms with Gasteiger partial charge in [-0.15, -0.1) is 0 Å². The molecule has 0 bridgehead atoms. The van der Waals surface area contributed by atoms with E-state index in [9.17, 15) is 4.79 Å². The molecule has 1 fully saturated rings. The van der Waals surface area contributed by atoms with Gasteiger partial charge in [0, 0.05) is 7.11 Å². The molecule has 1 saturated carbocycles. The van der Waals surface area contributed by atoms with E-state index in [-0.39, 0.29) is 11.7 Å². The molecule has 1 aromatic carbocycles. The van der Waals surface area contributed by atoms with Gasteiger partial charge in [0.1, 0.15) is 18.1 Å². The highest BCUT2D eigenvalue weighted by Crippen LogP contribution is 2.36. The van der Waals surface area contributed by atoms with Crippen LogP contribution in [0.15, 0.2) is 24.8 Å². The summed E-state index contributed by atoms with van der Waals surface area (Å²) >= 11 is 0. The molecule has 0 heterocycles. The van der Waals surface area contributed by atoms with Gasteiger partial charge in [-0.1, -0.05) is 19.1 Å². The van der Waals surface area contributed by atoms with Gasteiger partial charge in [-0.05, 0) is 44.7 Å². The summed E-state index contributed by atoms with van der Waals surface area (Å²) < 4.78 is 22.1. The normalized spacial score (nSPS) is 14.8. The van der Waals surface area contributed by atoms with Crippen LogP contribution in [0.3, 0.4) is 0 Å². The second-order valence-electron chi connectivity index (χ2n) is 6.05.